The fraction of sp³-hybridized carbons (Fsp3) is 0.333. The number of hydrogen-bond acceptors (Lipinski definition) is 4. The average Bonchev–Trinajstić information content (AvgIpc) is 2.95. The lowest BCUT2D eigenvalue weighted by molar-refractivity contribution is -0.119. The van der Waals surface area contributed by atoms with Gasteiger partial charge in [0, 0.05) is 25.4 Å². The molecule has 12 heteroatoms. The van der Waals surface area contributed by atoms with Crippen molar-refractivity contribution < 1.29 is 36.7 Å². The van der Waals surface area contributed by atoms with Crippen LogP contribution in [0.25, 0.3) is 0 Å². The first-order chi connectivity index (χ1) is 15.4. The van der Waals surface area contributed by atoms with Crippen LogP contribution in [0, 0.1) is 19.7 Å². The minimum Gasteiger partial charge on any atom is -0.344 e. The largest absolute Gasteiger partial charge is 0.344 e. The first-order valence-corrected chi connectivity index (χ1v) is 9.62. The molecule has 33 heavy (non-hydrogen) atoms. The Bertz CT molecular complexity index is 1110. The van der Waals surface area contributed by atoms with Gasteiger partial charge >= 0.3 is 0 Å². The van der Waals surface area contributed by atoms with Crippen molar-refractivity contribution in [2.24, 2.45) is 7.05 Å². The number of ketones is 1. The molecule has 1 aromatic heterocycles. The fourth-order valence-electron chi connectivity index (χ4n) is 3.23. The van der Waals surface area contributed by atoms with Crippen LogP contribution in [0.15, 0.2) is 18.2 Å². The Hall–Kier alpha value is -3.70. The van der Waals surface area contributed by atoms with E-state index in [0.717, 1.165) is 6.07 Å². The number of halogens is 4. The van der Waals surface area contributed by atoms with Crippen LogP contribution in [0.4, 0.5) is 28.9 Å². The smallest absolute Gasteiger partial charge is 0.294 e. The molecule has 0 saturated carbocycles. The monoisotopic (exact) mass is 470 g/mol. The predicted molar refractivity (Wildman–Crippen MR) is 112 cm³/mol. The van der Waals surface area contributed by atoms with E-state index in [4.69, 9.17) is 0 Å². The number of alkyl halides is 3. The molecule has 0 fully saturated rings. The Labute approximate surface area is 186 Å². The van der Waals surface area contributed by atoms with Crippen molar-refractivity contribution >= 4 is 34.9 Å². The quantitative estimate of drug-likeness (QED) is 0.313. The molecule has 178 valence electrons. The Morgan fingerprint density at radius 3 is 2.27 bits per heavy atom. The highest BCUT2D eigenvalue weighted by Gasteiger charge is 2.31. The minimum absolute atomic E-state index is 0.0231. The van der Waals surface area contributed by atoms with Gasteiger partial charge in [-0.15, -0.1) is 0 Å². The summed E-state index contributed by atoms with van der Waals surface area (Å²) in [6, 6.07) is 1.35. The van der Waals surface area contributed by atoms with E-state index in [0.29, 0.717) is 0 Å². The highest BCUT2D eigenvalue weighted by molar-refractivity contribution is 6.43. The Balaban J connectivity index is 2.34. The van der Waals surface area contributed by atoms with Crippen LogP contribution in [0.3, 0.4) is 0 Å². The third kappa shape index (κ3) is 5.57. The molecule has 3 amide bonds. The maximum Gasteiger partial charge on any atom is 0.294 e. The molecule has 1 unspecified atom stereocenters. The van der Waals surface area contributed by atoms with Gasteiger partial charge in [-0.1, -0.05) is 0 Å². The van der Waals surface area contributed by atoms with Gasteiger partial charge < -0.3 is 20.5 Å². The SMILES string of the molecule is CC(=O)Nc1cc(NC(=O)c2c(C)c(C(=O)C(=O)NC(CF)C(F)F)n(C)c2C)ccc1F. The summed E-state index contributed by atoms with van der Waals surface area (Å²) in [7, 11) is 1.39. The molecule has 0 aliphatic carbocycles. The molecular formula is C21H22F4N4O4. The van der Waals surface area contributed by atoms with Crippen LogP contribution in [-0.4, -0.2) is 47.2 Å². The Morgan fingerprint density at radius 2 is 1.73 bits per heavy atom. The third-order valence-electron chi connectivity index (χ3n) is 4.90. The van der Waals surface area contributed by atoms with Gasteiger partial charge in [0.05, 0.1) is 16.9 Å². The van der Waals surface area contributed by atoms with E-state index in [2.05, 4.69) is 10.6 Å². The summed E-state index contributed by atoms with van der Waals surface area (Å²) in [4.78, 5) is 48.8. The molecule has 2 rings (SSSR count). The van der Waals surface area contributed by atoms with Crippen molar-refractivity contribution in [2.75, 3.05) is 17.3 Å². The van der Waals surface area contributed by atoms with Crippen molar-refractivity contribution in [3.05, 3.63) is 46.5 Å². The van der Waals surface area contributed by atoms with Gasteiger partial charge in [-0.3, -0.25) is 19.2 Å². The van der Waals surface area contributed by atoms with Crippen LogP contribution in [0.2, 0.25) is 0 Å². The van der Waals surface area contributed by atoms with Crippen LogP contribution in [-0.2, 0) is 16.6 Å². The second kappa shape index (κ2) is 10.3. The molecule has 1 aromatic carbocycles. The van der Waals surface area contributed by atoms with Crippen molar-refractivity contribution in [2.45, 2.75) is 33.2 Å². The number of aromatic nitrogens is 1. The van der Waals surface area contributed by atoms with Gasteiger partial charge in [0.25, 0.3) is 24.0 Å². The number of carbonyl (C=O) groups excluding carboxylic acids is 4. The summed E-state index contributed by atoms with van der Waals surface area (Å²) in [6.07, 6.45) is -3.21. The summed E-state index contributed by atoms with van der Waals surface area (Å²) >= 11 is 0. The van der Waals surface area contributed by atoms with E-state index in [9.17, 15) is 36.7 Å². The molecule has 0 radical (unpaired) electrons. The van der Waals surface area contributed by atoms with Gasteiger partial charge in [-0.25, -0.2) is 17.6 Å². The zero-order valence-corrected chi connectivity index (χ0v) is 18.2. The van der Waals surface area contributed by atoms with E-state index in [1.54, 1.807) is 5.32 Å². The summed E-state index contributed by atoms with van der Waals surface area (Å²) in [5, 5.41) is 6.44. The molecule has 0 saturated heterocycles. The topological polar surface area (TPSA) is 109 Å². The second-order valence-electron chi connectivity index (χ2n) is 7.22. The van der Waals surface area contributed by atoms with E-state index in [1.807, 2.05) is 0 Å². The summed E-state index contributed by atoms with van der Waals surface area (Å²) in [6.45, 7) is 2.50. The molecule has 0 bridgehead atoms. The molecule has 1 heterocycles. The maximum absolute atomic E-state index is 13.8. The van der Waals surface area contributed by atoms with Gasteiger partial charge in [-0.05, 0) is 37.6 Å². The lowest BCUT2D eigenvalue weighted by Crippen LogP contribution is -2.45. The molecule has 0 aliphatic heterocycles. The van der Waals surface area contributed by atoms with Crippen LogP contribution in [0.1, 0.15) is 39.0 Å². The number of carbonyl (C=O) groups is 4. The lowest BCUT2D eigenvalue weighted by atomic mass is 10.1. The highest BCUT2D eigenvalue weighted by atomic mass is 19.3. The zero-order valence-electron chi connectivity index (χ0n) is 18.2. The van der Waals surface area contributed by atoms with Crippen LogP contribution < -0.4 is 16.0 Å². The second-order valence-corrected chi connectivity index (χ2v) is 7.22. The number of hydrogen-bond donors (Lipinski definition) is 3. The molecule has 2 aromatic rings. The minimum atomic E-state index is -3.21. The van der Waals surface area contributed by atoms with Crippen LogP contribution >= 0.6 is 0 Å². The number of benzene rings is 1. The van der Waals surface area contributed by atoms with Gasteiger partial charge in [-0.2, -0.15) is 0 Å². The zero-order chi connectivity index (χ0) is 25.0. The van der Waals surface area contributed by atoms with E-state index in [-0.39, 0.29) is 33.9 Å². The first-order valence-electron chi connectivity index (χ1n) is 9.62. The lowest BCUT2D eigenvalue weighted by Gasteiger charge is -2.14. The van der Waals surface area contributed by atoms with Crippen LogP contribution in [0.5, 0.6) is 0 Å². The summed E-state index contributed by atoms with van der Waals surface area (Å²) in [5.41, 5.74) is 0.138. The predicted octanol–water partition coefficient (Wildman–Crippen LogP) is 2.89. The molecule has 0 spiro atoms. The number of nitrogens with one attached hydrogen (secondary N) is 3. The molecular weight excluding hydrogens is 448 g/mol. The fourth-order valence-corrected chi connectivity index (χ4v) is 3.23. The summed E-state index contributed by atoms with van der Waals surface area (Å²) in [5.74, 6) is -4.59. The number of amides is 3. The normalized spacial score (nSPS) is 11.8. The Kier molecular flexibility index (Phi) is 7.96. The molecule has 3 N–H and O–H groups in total. The molecule has 8 nitrogen and oxygen atoms in total. The standard InChI is InChI=1S/C21H22F4N4O4/c1-9-16(20(32)27-12-5-6-13(23)14(7-12)26-11(3)30)10(2)29(4)17(9)18(31)21(33)28-15(8-22)19(24)25/h5-7,15,19H,8H2,1-4H3,(H,26,30)(H,27,32)(H,28,33). The van der Waals surface area contributed by atoms with Crippen molar-refractivity contribution in [1.29, 1.82) is 0 Å². The first kappa shape index (κ1) is 25.6. The van der Waals surface area contributed by atoms with Gasteiger partial charge in [0.15, 0.2) is 0 Å². The average molecular weight is 470 g/mol. The van der Waals surface area contributed by atoms with Crippen molar-refractivity contribution in [3.8, 4) is 0 Å². The highest BCUT2D eigenvalue weighted by Crippen LogP contribution is 2.25. The third-order valence-corrected chi connectivity index (χ3v) is 4.90. The number of nitrogens with zero attached hydrogens (tertiary/aromatic N) is 1. The van der Waals surface area contributed by atoms with E-state index in [1.165, 1.54) is 44.5 Å². The number of rotatable bonds is 8. The van der Waals surface area contributed by atoms with E-state index >= 15 is 0 Å². The maximum atomic E-state index is 13.8. The number of Topliss-reactive ketones (excluding diaryl/α,β-unsaturated/α-hetero) is 1. The van der Waals surface area contributed by atoms with Crippen molar-refractivity contribution in [1.82, 2.24) is 9.88 Å². The van der Waals surface area contributed by atoms with Gasteiger partial charge in [0.2, 0.25) is 5.91 Å². The number of anilines is 2. The molecule has 0 aliphatic rings. The molecule has 1 atom stereocenters. The summed E-state index contributed by atoms with van der Waals surface area (Å²) < 4.78 is 53.2. The van der Waals surface area contributed by atoms with E-state index < -0.39 is 48.5 Å². The van der Waals surface area contributed by atoms with Gasteiger partial charge in [0.1, 0.15) is 18.5 Å². The Morgan fingerprint density at radius 1 is 1.09 bits per heavy atom. The van der Waals surface area contributed by atoms with Crippen molar-refractivity contribution in [3.63, 3.8) is 0 Å².